The van der Waals surface area contributed by atoms with Crippen molar-refractivity contribution in [1.82, 2.24) is 20.5 Å². The van der Waals surface area contributed by atoms with Gasteiger partial charge in [0.1, 0.15) is 17.6 Å². The molecule has 2 aromatic carbocycles. The van der Waals surface area contributed by atoms with Gasteiger partial charge in [0.05, 0.1) is 23.4 Å². The van der Waals surface area contributed by atoms with Gasteiger partial charge in [0, 0.05) is 41.6 Å². The zero-order chi connectivity index (χ0) is 24.6. The number of nitrogens with one attached hydrogen (secondary N) is 3. The number of aromatic amines is 1. The molecule has 6 rings (SSSR count). The molecule has 1 amide bonds. The number of hydrogen-bond acceptors (Lipinski definition) is 6. The van der Waals surface area contributed by atoms with Crippen molar-refractivity contribution in [3.8, 4) is 11.1 Å². The molecule has 4 aromatic rings. The maximum Gasteiger partial charge on any atom is 0.224 e. The fourth-order valence-electron chi connectivity index (χ4n) is 4.50. The molecule has 0 fully saturated rings. The lowest BCUT2D eigenvalue weighted by atomic mass is 9.94. The van der Waals surface area contributed by atoms with E-state index in [1.165, 1.54) is 12.1 Å². The number of aromatic nitrogens is 3. The lowest BCUT2D eigenvalue weighted by Gasteiger charge is -2.20. The minimum atomic E-state index is -0.298. The predicted octanol–water partition coefficient (Wildman–Crippen LogP) is 4.33. The van der Waals surface area contributed by atoms with E-state index in [0.717, 1.165) is 33.2 Å². The van der Waals surface area contributed by atoms with E-state index in [9.17, 15) is 9.18 Å². The Balaban J connectivity index is 1.35. The number of anilines is 1. The van der Waals surface area contributed by atoms with Gasteiger partial charge in [-0.1, -0.05) is 25.1 Å². The van der Waals surface area contributed by atoms with Crippen molar-refractivity contribution in [1.29, 1.82) is 0 Å². The Morgan fingerprint density at radius 2 is 2.00 bits per heavy atom. The zero-order valence-electron chi connectivity index (χ0n) is 19.4. The van der Waals surface area contributed by atoms with Crippen LogP contribution >= 0.6 is 0 Å². The molecular weight excluding hydrogens is 457 g/mol. The molecule has 0 aliphatic carbocycles. The second kappa shape index (κ2) is 8.84. The Morgan fingerprint density at radius 1 is 1.08 bits per heavy atom. The standard InChI is InChI=1S/C27H22FN7O/c1-2-24(36)31-19-9-17(11-29-12-19)15-6-7-22-20(10-15)26(35-34-22)27-32-23-14-30-13-21(25(23)33-27)16-4-3-5-18(28)8-16/h3-14,23,25H,2H2,1H3,(H,31,36)(H,32,33)(H,34,35). The molecule has 0 bridgehead atoms. The van der Waals surface area contributed by atoms with E-state index in [4.69, 9.17) is 4.99 Å². The van der Waals surface area contributed by atoms with Gasteiger partial charge in [0.15, 0.2) is 5.84 Å². The Hall–Kier alpha value is -4.66. The number of pyridine rings is 1. The first-order chi connectivity index (χ1) is 17.6. The molecule has 178 valence electrons. The van der Waals surface area contributed by atoms with Crippen LogP contribution in [0.3, 0.4) is 0 Å². The van der Waals surface area contributed by atoms with Gasteiger partial charge in [-0.25, -0.2) is 4.39 Å². The van der Waals surface area contributed by atoms with Crippen LogP contribution in [0.4, 0.5) is 10.1 Å². The first kappa shape index (κ1) is 21.8. The smallest absolute Gasteiger partial charge is 0.224 e. The fourth-order valence-corrected chi connectivity index (χ4v) is 4.50. The number of amidine groups is 1. The highest BCUT2D eigenvalue weighted by Gasteiger charge is 2.34. The largest absolute Gasteiger partial charge is 0.358 e. The molecule has 0 spiro atoms. The molecule has 8 nitrogen and oxygen atoms in total. The molecule has 0 saturated carbocycles. The lowest BCUT2D eigenvalue weighted by molar-refractivity contribution is -0.115. The summed E-state index contributed by atoms with van der Waals surface area (Å²) in [7, 11) is 0. The summed E-state index contributed by atoms with van der Waals surface area (Å²) in [6, 6.07) is 13.9. The second-order valence-corrected chi connectivity index (χ2v) is 8.68. The highest BCUT2D eigenvalue weighted by atomic mass is 19.1. The number of hydrogen-bond donors (Lipinski definition) is 3. The van der Waals surface area contributed by atoms with Crippen molar-refractivity contribution in [3.05, 3.63) is 84.2 Å². The van der Waals surface area contributed by atoms with Crippen molar-refractivity contribution in [2.45, 2.75) is 25.4 Å². The minimum absolute atomic E-state index is 0.0662. The maximum absolute atomic E-state index is 13.9. The third-order valence-corrected chi connectivity index (χ3v) is 6.31. The molecule has 0 saturated heterocycles. The first-order valence-corrected chi connectivity index (χ1v) is 11.7. The number of benzene rings is 2. The molecular formula is C27H22FN7O. The van der Waals surface area contributed by atoms with Crippen molar-refractivity contribution in [2.24, 2.45) is 9.98 Å². The number of carbonyl (C=O) groups excluding carboxylic acids is 1. The minimum Gasteiger partial charge on any atom is -0.358 e. The van der Waals surface area contributed by atoms with E-state index in [0.29, 0.717) is 23.6 Å². The van der Waals surface area contributed by atoms with Crippen molar-refractivity contribution in [3.63, 3.8) is 0 Å². The van der Waals surface area contributed by atoms with Crippen LogP contribution in [-0.4, -0.2) is 45.2 Å². The van der Waals surface area contributed by atoms with Crippen molar-refractivity contribution >= 4 is 40.1 Å². The maximum atomic E-state index is 13.9. The molecule has 3 N–H and O–H groups in total. The van der Waals surface area contributed by atoms with Crippen LogP contribution in [0.5, 0.6) is 0 Å². The summed E-state index contributed by atoms with van der Waals surface area (Å²) in [5, 5.41) is 14.8. The van der Waals surface area contributed by atoms with E-state index < -0.39 is 0 Å². The number of fused-ring (bicyclic) bond motifs is 2. The number of H-pyrrole nitrogens is 1. The Labute approximate surface area is 206 Å². The van der Waals surface area contributed by atoms with E-state index in [-0.39, 0.29) is 23.8 Å². The number of halogens is 1. The third-order valence-electron chi connectivity index (χ3n) is 6.31. The molecule has 2 aliphatic heterocycles. The molecule has 2 atom stereocenters. The average molecular weight is 480 g/mol. The molecule has 0 radical (unpaired) electrons. The fraction of sp³-hybridized carbons (Fsp3) is 0.148. The van der Waals surface area contributed by atoms with E-state index in [2.05, 4.69) is 30.8 Å². The van der Waals surface area contributed by atoms with Gasteiger partial charge < -0.3 is 10.6 Å². The molecule has 2 aliphatic rings. The molecule has 2 aromatic heterocycles. The lowest BCUT2D eigenvalue weighted by Crippen LogP contribution is -2.38. The summed E-state index contributed by atoms with van der Waals surface area (Å²) in [5.41, 5.74) is 5.61. The predicted molar refractivity (Wildman–Crippen MR) is 138 cm³/mol. The monoisotopic (exact) mass is 479 g/mol. The number of carbonyl (C=O) groups is 1. The van der Waals surface area contributed by atoms with Crippen LogP contribution in [0.2, 0.25) is 0 Å². The third kappa shape index (κ3) is 3.94. The highest BCUT2D eigenvalue weighted by Crippen LogP contribution is 2.31. The number of nitrogens with zero attached hydrogens (tertiary/aromatic N) is 4. The van der Waals surface area contributed by atoms with Crippen LogP contribution in [-0.2, 0) is 4.79 Å². The van der Waals surface area contributed by atoms with Gasteiger partial charge in [-0.3, -0.25) is 24.9 Å². The summed E-state index contributed by atoms with van der Waals surface area (Å²) in [6.07, 6.45) is 7.33. The van der Waals surface area contributed by atoms with Crippen LogP contribution in [0.15, 0.2) is 77.1 Å². The number of aliphatic imine (C=N–C) groups is 2. The summed E-state index contributed by atoms with van der Waals surface area (Å²) < 4.78 is 13.9. The molecule has 36 heavy (non-hydrogen) atoms. The number of rotatable bonds is 5. The quantitative estimate of drug-likeness (QED) is 0.396. The number of amides is 1. The van der Waals surface area contributed by atoms with E-state index in [1.54, 1.807) is 31.6 Å². The van der Waals surface area contributed by atoms with E-state index in [1.807, 2.05) is 36.5 Å². The summed E-state index contributed by atoms with van der Waals surface area (Å²) >= 11 is 0. The Kier molecular flexibility index (Phi) is 5.37. The highest BCUT2D eigenvalue weighted by molar-refractivity contribution is 6.11. The summed E-state index contributed by atoms with van der Waals surface area (Å²) in [6.45, 7) is 1.81. The normalized spacial score (nSPS) is 18.4. The van der Waals surface area contributed by atoms with Gasteiger partial charge in [0.2, 0.25) is 5.91 Å². The Bertz CT molecular complexity index is 1590. The van der Waals surface area contributed by atoms with Crippen LogP contribution in [0.25, 0.3) is 27.6 Å². The first-order valence-electron chi connectivity index (χ1n) is 11.7. The van der Waals surface area contributed by atoms with Gasteiger partial charge in [-0.15, -0.1) is 0 Å². The van der Waals surface area contributed by atoms with Crippen LogP contribution in [0, 0.1) is 5.82 Å². The summed E-state index contributed by atoms with van der Waals surface area (Å²) in [5.74, 6) is 0.281. The zero-order valence-corrected chi connectivity index (χ0v) is 19.4. The van der Waals surface area contributed by atoms with E-state index >= 15 is 0 Å². The molecule has 2 unspecified atom stereocenters. The van der Waals surface area contributed by atoms with Gasteiger partial charge in [-0.2, -0.15) is 5.10 Å². The van der Waals surface area contributed by atoms with Crippen molar-refractivity contribution < 1.29 is 9.18 Å². The molecule has 9 heteroatoms. The topological polar surface area (TPSA) is 107 Å². The second-order valence-electron chi connectivity index (χ2n) is 8.68. The SMILES string of the molecule is CCC(=O)Nc1cncc(-c2ccc3[nH]nc(C4=NC5C(c6cccc(F)c6)=CN=CC5N4)c3c2)c1. The van der Waals surface area contributed by atoms with Crippen LogP contribution in [0.1, 0.15) is 24.6 Å². The van der Waals surface area contributed by atoms with Gasteiger partial charge in [0.25, 0.3) is 0 Å². The average Bonchev–Trinajstić information content (AvgIpc) is 3.52. The van der Waals surface area contributed by atoms with Gasteiger partial charge >= 0.3 is 0 Å². The van der Waals surface area contributed by atoms with Gasteiger partial charge in [-0.05, 0) is 41.5 Å². The molecule has 4 heterocycles. The van der Waals surface area contributed by atoms with Crippen LogP contribution < -0.4 is 10.6 Å². The van der Waals surface area contributed by atoms with Crippen molar-refractivity contribution in [2.75, 3.05) is 5.32 Å². The Morgan fingerprint density at radius 3 is 2.86 bits per heavy atom. The summed E-state index contributed by atoms with van der Waals surface area (Å²) in [4.78, 5) is 25.4.